The number of nitrogens with zero attached hydrogens (tertiary/aromatic N) is 1. The smallest absolute Gasteiger partial charge is 0.256 e. The highest BCUT2D eigenvalue weighted by atomic mass is 16.5. The summed E-state index contributed by atoms with van der Waals surface area (Å²) in [6.07, 6.45) is -1.18. The number of methoxy groups -OCH3 is 1. The molecule has 5 nitrogen and oxygen atoms in total. The number of rotatable bonds is 5. The number of aliphatic hydroxyl groups is 1. The Hall–Kier alpha value is -2.53. The summed E-state index contributed by atoms with van der Waals surface area (Å²) in [4.78, 5) is 13.8. The van der Waals surface area contributed by atoms with Gasteiger partial charge in [-0.25, -0.2) is 0 Å². The largest absolute Gasteiger partial charge is 0.497 e. The number of carbonyl (C=O) groups is 1. The molecule has 5 heteroatoms. The van der Waals surface area contributed by atoms with Crippen LogP contribution >= 0.6 is 0 Å². The van der Waals surface area contributed by atoms with Crippen LogP contribution in [0, 0.1) is 0 Å². The highest BCUT2D eigenvalue weighted by Gasteiger charge is 2.35. The Kier molecular flexibility index (Phi) is 4.48. The molecule has 0 unspecified atom stereocenters. The predicted octanol–water partition coefficient (Wildman–Crippen LogP) is 2.02. The fourth-order valence-electron chi connectivity index (χ4n) is 2.51. The average molecular weight is 313 g/mol. The summed E-state index contributed by atoms with van der Waals surface area (Å²) in [5.74, 6) is 1.15. The molecule has 1 fully saturated rings. The van der Waals surface area contributed by atoms with E-state index in [0.717, 1.165) is 5.75 Å². The molecule has 1 atom stereocenters. The van der Waals surface area contributed by atoms with Gasteiger partial charge in [0.2, 0.25) is 0 Å². The van der Waals surface area contributed by atoms with E-state index in [4.69, 9.17) is 9.47 Å². The van der Waals surface area contributed by atoms with Gasteiger partial charge in [-0.15, -0.1) is 0 Å². The molecule has 120 valence electrons. The van der Waals surface area contributed by atoms with Gasteiger partial charge in [0.1, 0.15) is 17.6 Å². The Morgan fingerprint density at radius 3 is 2.52 bits per heavy atom. The average Bonchev–Trinajstić information content (AvgIpc) is 2.57. The first-order valence-corrected chi connectivity index (χ1v) is 7.50. The van der Waals surface area contributed by atoms with Crippen molar-refractivity contribution in [1.29, 1.82) is 0 Å². The van der Waals surface area contributed by atoms with E-state index in [1.165, 1.54) is 0 Å². The maximum atomic E-state index is 12.2. The Morgan fingerprint density at radius 2 is 1.83 bits per heavy atom. The molecule has 2 aromatic carbocycles. The zero-order chi connectivity index (χ0) is 16.2. The summed E-state index contributed by atoms with van der Waals surface area (Å²) >= 11 is 0. The van der Waals surface area contributed by atoms with Crippen LogP contribution < -0.4 is 9.47 Å². The van der Waals surface area contributed by atoms with Crippen molar-refractivity contribution in [2.24, 2.45) is 0 Å². The van der Waals surface area contributed by atoms with Crippen LogP contribution in [0.3, 0.4) is 0 Å². The van der Waals surface area contributed by atoms with E-state index in [0.29, 0.717) is 24.4 Å². The van der Waals surface area contributed by atoms with Crippen LogP contribution in [0.15, 0.2) is 54.6 Å². The van der Waals surface area contributed by atoms with Gasteiger partial charge in [-0.3, -0.25) is 4.79 Å². The fraction of sp³-hybridized carbons (Fsp3) is 0.278. The lowest BCUT2D eigenvalue weighted by Gasteiger charge is -2.40. The number of likely N-dealkylation sites (tertiary alicyclic amines) is 1. The number of ether oxygens (including phenoxy) is 2. The number of benzene rings is 2. The summed E-state index contributed by atoms with van der Waals surface area (Å²) < 4.78 is 11.0. The molecular formula is C18H19NO4. The molecule has 0 bridgehead atoms. The minimum absolute atomic E-state index is 0.0611. The van der Waals surface area contributed by atoms with Crippen LogP contribution in [0.2, 0.25) is 0 Å². The van der Waals surface area contributed by atoms with Crippen LogP contribution in [-0.4, -0.2) is 42.2 Å². The van der Waals surface area contributed by atoms with E-state index >= 15 is 0 Å². The Labute approximate surface area is 135 Å². The lowest BCUT2D eigenvalue weighted by molar-refractivity contribution is -0.149. The summed E-state index contributed by atoms with van der Waals surface area (Å²) in [7, 11) is 1.60. The van der Waals surface area contributed by atoms with Crippen molar-refractivity contribution in [3.05, 3.63) is 60.2 Å². The second kappa shape index (κ2) is 6.71. The van der Waals surface area contributed by atoms with E-state index in [1.54, 1.807) is 36.3 Å². The van der Waals surface area contributed by atoms with Gasteiger partial charge in [-0.2, -0.15) is 0 Å². The molecule has 3 rings (SSSR count). The van der Waals surface area contributed by atoms with Gasteiger partial charge < -0.3 is 19.5 Å². The second-order valence-corrected chi connectivity index (χ2v) is 5.48. The van der Waals surface area contributed by atoms with Gasteiger partial charge in [0.25, 0.3) is 5.91 Å². The maximum Gasteiger partial charge on any atom is 0.256 e. The normalized spacial score (nSPS) is 15.7. The first kappa shape index (κ1) is 15.4. The van der Waals surface area contributed by atoms with Crippen molar-refractivity contribution in [3.8, 4) is 11.5 Å². The van der Waals surface area contributed by atoms with Gasteiger partial charge in [-0.05, 0) is 17.7 Å². The number of aliphatic hydroxyl groups excluding tert-OH is 1. The number of carbonyl (C=O) groups excluding carboxylic acids is 1. The zero-order valence-electron chi connectivity index (χ0n) is 12.9. The molecule has 1 saturated heterocycles. The SMILES string of the molecule is COc1cccc(OC2CN(C(=O)[C@H](O)c3ccccc3)C2)c1. The minimum Gasteiger partial charge on any atom is -0.497 e. The van der Waals surface area contributed by atoms with Gasteiger partial charge in [-0.1, -0.05) is 36.4 Å². The molecule has 0 aliphatic carbocycles. The zero-order valence-corrected chi connectivity index (χ0v) is 12.9. The summed E-state index contributed by atoms with van der Waals surface area (Å²) in [5, 5.41) is 10.1. The first-order chi connectivity index (χ1) is 11.2. The molecule has 1 heterocycles. The third-order valence-corrected chi connectivity index (χ3v) is 3.85. The Balaban J connectivity index is 1.53. The summed E-state index contributed by atoms with van der Waals surface area (Å²) in [6.45, 7) is 0.944. The molecule has 2 aromatic rings. The maximum absolute atomic E-state index is 12.2. The van der Waals surface area contributed by atoms with Crippen LogP contribution in [0.25, 0.3) is 0 Å². The van der Waals surface area contributed by atoms with Gasteiger partial charge >= 0.3 is 0 Å². The molecule has 1 aliphatic heterocycles. The van der Waals surface area contributed by atoms with Gasteiger partial charge in [0.15, 0.2) is 6.10 Å². The van der Waals surface area contributed by atoms with Crippen LogP contribution in [-0.2, 0) is 4.79 Å². The van der Waals surface area contributed by atoms with E-state index in [2.05, 4.69) is 0 Å². The van der Waals surface area contributed by atoms with Crippen LogP contribution in [0.4, 0.5) is 0 Å². The fourth-order valence-corrected chi connectivity index (χ4v) is 2.51. The van der Waals surface area contributed by atoms with E-state index in [1.807, 2.05) is 30.3 Å². The molecule has 0 aromatic heterocycles. The monoisotopic (exact) mass is 313 g/mol. The second-order valence-electron chi connectivity index (χ2n) is 5.48. The molecular weight excluding hydrogens is 294 g/mol. The van der Waals surface area contributed by atoms with Crippen LogP contribution in [0.1, 0.15) is 11.7 Å². The third-order valence-electron chi connectivity index (χ3n) is 3.85. The van der Waals surface area contributed by atoms with Crippen molar-refractivity contribution in [1.82, 2.24) is 4.90 Å². The molecule has 23 heavy (non-hydrogen) atoms. The number of hydrogen-bond acceptors (Lipinski definition) is 4. The molecule has 0 radical (unpaired) electrons. The first-order valence-electron chi connectivity index (χ1n) is 7.50. The molecule has 0 saturated carbocycles. The van der Waals surface area contributed by atoms with Crippen molar-refractivity contribution in [2.45, 2.75) is 12.2 Å². The van der Waals surface area contributed by atoms with E-state index in [9.17, 15) is 9.90 Å². The van der Waals surface area contributed by atoms with Crippen molar-refractivity contribution in [2.75, 3.05) is 20.2 Å². The number of amides is 1. The third kappa shape index (κ3) is 3.46. The van der Waals surface area contributed by atoms with Crippen molar-refractivity contribution in [3.63, 3.8) is 0 Å². The number of hydrogen-bond donors (Lipinski definition) is 1. The summed E-state index contributed by atoms with van der Waals surface area (Å²) in [6, 6.07) is 16.3. The highest BCUT2D eigenvalue weighted by molar-refractivity contribution is 5.82. The molecule has 1 amide bonds. The van der Waals surface area contributed by atoms with E-state index in [-0.39, 0.29) is 12.0 Å². The Morgan fingerprint density at radius 1 is 1.13 bits per heavy atom. The molecule has 1 aliphatic rings. The van der Waals surface area contributed by atoms with Gasteiger partial charge in [0, 0.05) is 6.07 Å². The van der Waals surface area contributed by atoms with Crippen LogP contribution in [0.5, 0.6) is 11.5 Å². The molecule has 1 N–H and O–H groups in total. The highest BCUT2D eigenvalue weighted by Crippen LogP contribution is 2.24. The predicted molar refractivity (Wildman–Crippen MR) is 85.4 cm³/mol. The summed E-state index contributed by atoms with van der Waals surface area (Å²) in [5.41, 5.74) is 0.606. The van der Waals surface area contributed by atoms with E-state index < -0.39 is 6.10 Å². The minimum atomic E-state index is -1.12. The topological polar surface area (TPSA) is 59.0 Å². The standard InChI is InChI=1S/C18H19NO4/c1-22-14-8-5-9-15(10-14)23-16-11-19(12-16)18(21)17(20)13-6-3-2-4-7-13/h2-10,16-17,20H,11-12H2,1H3/t17-/m1/s1. The lowest BCUT2D eigenvalue weighted by Crippen LogP contribution is -2.57. The lowest BCUT2D eigenvalue weighted by atomic mass is 10.1. The Bertz CT molecular complexity index is 668. The molecule has 0 spiro atoms. The van der Waals surface area contributed by atoms with Crippen molar-refractivity contribution < 1.29 is 19.4 Å². The quantitative estimate of drug-likeness (QED) is 0.917. The van der Waals surface area contributed by atoms with Crippen molar-refractivity contribution >= 4 is 5.91 Å². The van der Waals surface area contributed by atoms with Gasteiger partial charge in [0.05, 0.1) is 20.2 Å².